The molecule has 0 aromatic rings. The molecular formula is C10H17NO3. The lowest BCUT2D eigenvalue weighted by atomic mass is 9.82. The smallest absolute Gasteiger partial charge is 0.319 e. The van der Waals surface area contributed by atoms with Crippen LogP contribution in [0, 0.1) is 5.41 Å². The number of hydrogen-bond acceptors (Lipinski definition) is 2. The molecule has 0 fully saturated rings. The summed E-state index contributed by atoms with van der Waals surface area (Å²) in [6, 6.07) is 0. The van der Waals surface area contributed by atoms with Gasteiger partial charge in [0, 0.05) is 7.05 Å². The van der Waals surface area contributed by atoms with Crippen molar-refractivity contribution in [2.24, 2.45) is 5.41 Å². The second-order valence-electron chi connectivity index (χ2n) is 3.50. The maximum absolute atomic E-state index is 11.4. The molecule has 0 aliphatic heterocycles. The van der Waals surface area contributed by atoms with Gasteiger partial charge < -0.3 is 10.4 Å². The van der Waals surface area contributed by atoms with Gasteiger partial charge in [-0.2, -0.15) is 0 Å². The first-order chi connectivity index (χ1) is 6.38. The SMILES string of the molecule is C=C(CC)CC(C)(C(=O)O)C(=O)NC. The Morgan fingerprint density at radius 2 is 2.00 bits per heavy atom. The lowest BCUT2D eigenvalue weighted by Crippen LogP contribution is -2.43. The van der Waals surface area contributed by atoms with E-state index in [1.165, 1.54) is 14.0 Å². The molecule has 0 aliphatic carbocycles. The van der Waals surface area contributed by atoms with E-state index in [1.54, 1.807) is 0 Å². The molecule has 0 saturated carbocycles. The van der Waals surface area contributed by atoms with E-state index in [0.717, 1.165) is 5.57 Å². The van der Waals surface area contributed by atoms with Crippen LogP contribution in [0.4, 0.5) is 0 Å². The van der Waals surface area contributed by atoms with Gasteiger partial charge in [0.05, 0.1) is 0 Å². The Labute approximate surface area is 84.0 Å². The zero-order valence-corrected chi connectivity index (χ0v) is 8.89. The van der Waals surface area contributed by atoms with Crippen LogP contribution in [0.3, 0.4) is 0 Å². The summed E-state index contributed by atoms with van der Waals surface area (Å²) >= 11 is 0. The summed E-state index contributed by atoms with van der Waals surface area (Å²) in [5.74, 6) is -1.61. The first-order valence-electron chi connectivity index (χ1n) is 4.50. The van der Waals surface area contributed by atoms with Gasteiger partial charge in [-0.1, -0.05) is 19.1 Å². The molecule has 0 rings (SSSR count). The van der Waals surface area contributed by atoms with Crippen molar-refractivity contribution in [1.29, 1.82) is 0 Å². The second kappa shape index (κ2) is 4.79. The first-order valence-corrected chi connectivity index (χ1v) is 4.50. The van der Waals surface area contributed by atoms with Crippen LogP contribution >= 0.6 is 0 Å². The van der Waals surface area contributed by atoms with Crippen LogP contribution in [-0.2, 0) is 9.59 Å². The number of allylic oxidation sites excluding steroid dienone is 1. The average Bonchev–Trinajstić information content (AvgIpc) is 2.15. The van der Waals surface area contributed by atoms with Gasteiger partial charge in [0.2, 0.25) is 5.91 Å². The maximum atomic E-state index is 11.4. The molecule has 14 heavy (non-hydrogen) atoms. The highest BCUT2D eigenvalue weighted by Crippen LogP contribution is 2.27. The minimum absolute atomic E-state index is 0.179. The molecule has 4 nitrogen and oxygen atoms in total. The van der Waals surface area contributed by atoms with Gasteiger partial charge in [-0.3, -0.25) is 9.59 Å². The maximum Gasteiger partial charge on any atom is 0.319 e. The minimum Gasteiger partial charge on any atom is -0.480 e. The van der Waals surface area contributed by atoms with Crippen molar-refractivity contribution in [3.05, 3.63) is 12.2 Å². The van der Waals surface area contributed by atoms with Crippen molar-refractivity contribution in [3.8, 4) is 0 Å². The number of hydrogen-bond donors (Lipinski definition) is 2. The number of nitrogens with one attached hydrogen (secondary N) is 1. The highest BCUT2D eigenvalue weighted by atomic mass is 16.4. The third kappa shape index (κ3) is 2.58. The monoisotopic (exact) mass is 199 g/mol. The molecule has 0 spiro atoms. The molecule has 1 atom stereocenters. The number of aliphatic carboxylic acids is 1. The zero-order valence-electron chi connectivity index (χ0n) is 8.89. The fourth-order valence-corrected chi connectivity index (χ4v) is 1.15. The van der Waals surface area contributed by atoms with Gasteiger partial charge >= 0.3 is 5.97 Å². The number of carbonyl (C=O) groups is 2. The molecule has 1 amide bonds. The summed E-state index contributed by atoms with van der Waals surface area (Å²) in [4.78, 5) is 22.4. The predicted octanol–water partition coefficient (Wildman–Crippen LogP) is 1.18. The third-order valence-corrected chi connectivity index (χ3v) is 2.30. The number of rotatable bonds is 5. The van der Waals surface area contributed by atoms with E-state index in [2.05, 4.69) is 11.9 Å². The van der Waals surface area contributed by atoms with E-state index in [1.807, 2.05) is 6.92 Å². The molecule has 0 saturated heterocycles. The van der Waals surface area contributed by atoms with Crippen molar-refractivity contribution in [2.45, 2.75) is 26.7 Å². The van der Waals surface area contributed by atoms with E-state index in [9.17, 15) is 9.59 Å². The molecule has 2 N–H and O–H groups in total. The summed E-state index contributed by atoms with van der Waals surface area (Å²) in [6.45, 7) is 7.01. The van der Waals surface area contributed by atoms with Gasteiger partial charge in [0.15, 0.2) is 0 Å². The standard InChI is InChI=1S/C10H17NO3/c1-5-7(2)6-10(3,9(13)14)8(12)11-4/h2,5-6H2,1,3-4H3,(H,11,12)(H,13,14). The topological polar surface area (TPSA) is 66.4 Å². The zero-order chi connectivity index (χ0) is 11.4. The van der Waals surface area contributed by atoms with E-state index >= 15 is 0 Å². The Morgan fingerprint density at radius 3 is 2.29 bits per heavy atom. The van der Waals surface area contributed by atoms with Crippen molar-refractivity contribution in [2.75, 3.05) is 7.05 Å². The number of carbonyl (C=O) groups excluding carboxylic acids is 1. The molecular weight excluding hydrogens is 182 g/mol. The molecule has 0 heterocycles. The summed E-state index contributed by atoms with van der Waals surface area (Å²) in [6.07, 6.45) is 0.859. The van der Waals surface area contributed by atoms with E-state index in [4.69, 9.17) is 5.11 Å². The fourth-order valence-electron chi connectivity index (χ4n) is 1.15. The molecule has 0 aromatic heterocycles. The van der Waals surface area contributed by atoms with E-state index in [0.29, 0.717) is 6.42 Å². The highest BCUT2D eigenvalue weighted by Gasteiger charge is 2.40. The molecule has 0 radical (unpaired) electrons. The van der Waals surface area contributed by atoms with Crippen LogP contribution in [0.2, 0.25) is 0 Å². The van der Waals surface area contributed by atoms with Crippen LogP contribution in [0.15, 0.2) is 12.2 Å². The van der Waals surface area contributed by atoms with Crippen molar-refractivity contribution >= 4 is 11.9 Å². The highest BCUT2D eigenvalue weighted by molar-refractivity contribution is 6.01. The minimum atomic E-state index is -1.40. The lowest BCUT2D eigenvalue weighted by molar-refractivity contribution is -0.154. The Morgan fingerprint density at radius 1 is 1.50 bits per heavy atom. The van der Waals surface area contributed by atoms with Crippen LogP contribution in [-0.4, -0.2) is 24.0 Å². The van der Waals surface area contributed by atoms with Crippen molar-refractivity contribution < 1.29 is 14.7 Å². The largest absolute Gasteiger partial charge is 0.480 e. The van der Waals surface area contributed by atoms with Crippen molar-refractivity contribution in [1.82, 2.24) is 5.32 Å². The second-order valence-corrected chi connectivity index (χ2v) is 3.50. The normalized spacial score (nSPS) is 14.2. The average molecular weight is 199 g/mol. The number of carboxylic acids is 1. The van der Waals surface area contributed by atoms with Crippen LogP contribution in [0.1, 0.15) is 26.7 Å². The molecule has 1 unspecified atom stereocenters. The first kappa shape index (κ1) is 12.7. The third-order valence-electron chi connectivity index (χ3n) is 2.30. The lowest BCUT2D eigenvalue weighted by Gasteiger charge is -2.23. The van der Waals surface area contributed by atoms with Crippen LogP contribution in [0.25, 0.3) is 0 Å². The summed E-state index contributed by atoms with van der Waals surface area (Å²) in [5, 5.41) is 11.3. The molecule has 0 bridgehead atoms. The van der Waals surface area contributed by atoms with Crippen LogP contribution < -0.4 is 5.32 Å². The Kier molecular flexibility index (Phi) is 4.34. The van der Waals surface area contributed by atoms with Gasteiger partial charge in [-0.05, 0) is 19.8 Å². The van der Waals surface area contributed by atoms with E-state index in [-0.39, 0.29) is 6.42 Å². The fraction of sp³-hybridized carbons (Fsp3) is 0.600. The number of carboxylic acid groups (broad SMARTS) is 1. The Balaban J connectivity index is 4.82. The quantitative estimate of drug-likeness (QED) is 0.516. The summed E-state index contributed by atoms with van der Waals surface area (Å²) in [7, 11) is 1.43. The Bertz CT molecular complexity index is 260. The summed E-state index contributed by atoms with van der Waals surface area (Å²) < 4.78 is 0. The van der Waals surface area contributed by atoms with Crippen molar-refractivity contribution in [3.63, 3.8) is 0 Å². The molecule has 0 aliphatic rings. The molecule has 80 valence electrons. The van der Waals surface area contributed by atoms with Gasteiger partial charge in [0.1, 0.15) is 5.41 Å². The molecule has 0 aromatic carbocycles. The molecule has 4 heteroatoms. The predicted molar refractivity (Wildman–Crippen MR) is 53.9 cm³/mol. The van der Waals surface area contributed by atoms with Gasteiger partial charge in [0.25, 0.3) is 0 Å². The number of amides is 1. The summed E-state index contributed by atoms with van der Waals surface area (Å²) in [5.41, 5.74) is -0.638. The van der Waals surface area contributed by atoms with E-state index < -0.39 is 17.3 Å². The van der Waals surface area contributed by atoms with Crippen LogP contribution in [0.5, 0.6) is 0 Å². The Hall–Kier alpha value is -1.32. The van der Waals surface area contributed by atoms with Gasteiger partial charge in [-0.15, -0.1) is 0 Å². The van der Waals surface area contributed by atoms with Gasteiger partial charge in [-0.25, -0.2) is 0 Å².